The molecule has 0 aliphatic heterocycles. The van der Waals surface area contributed by atoms with Gasteiger partial charge < -0.3 is 15.4 Å². The van der Waals surface area contributed by atoms with Gasteiger partial charge in [-0.05, 0) is 63.3 Å². The predicted molar refractivity (Wildman–Crippen MR) is 104 cm³/mol. The highest BCUT2D eigenvalue weighted by atomic mass is 16.5. The standard InChI is InChI=1S/C21H27N3O2/c1-15(2)26-18-9-7-17(8-10-18)23-21(25)24-20-6-4-3-5-19(20)16-11-13-22-14-12-16/h3-6,11-15,17-18H,7-10H2,1-2H3,(H2,23,24,25). The predicted octanol–water partition coefficient (Wildman–Crippen LogP) is 4.61. The van der Waals surface area contributed by atoms with Gasteiger partial charge in [-0.2, -0.15) is 0 Å². The lowest BCUT2D eigenvalue weighted by Crippen LogP contribution is -2.41. The summed E-state index contributed by atoms with van der Waals surface area (Å²) in [5.41, 5.74) is 2.81. The molecule has 0 atom stereocenters. The van der Waals surface area contributed by atoms with Gasteiger partial charge in [-0.15, -0.1) is 0 Å². The fourth-order valence-electron chi connectivity index (χ4n) is 3.45. The summed E-state index contributed by atoms with van der Waals surface area (Å²) in [5, 5.41) is 6.10. The Balaban J connectivity index is 1.57. The van der Waals surface area contributed by atoms with E-state index in [9.17, 15) is 4.79 Å². The van der Waals surface area contributed by atoms with Crippen LogP contribution in [0.3, 0.4) is 0 Å². The van der Waals surface area contributed by atoms with E-state index >= 15 is 0 Å². The van der Waals surface area contributed by atoms with Crippen molar-refractivity contribution >= 4 is 11.7 Å². The maximum atomic E-state index is 12.5. The Labute approximate surface area is 155 Å². The highest BCUT2D eigenvalue weighted by Gasteiger charge is 2.23. The van der Waals surface area contributed by atoms with Gasteiger partial charge >= 0.3 is 6.03 Å². The molecule has 2 aromatic rings. The molecule has 3 rings (SSSR count). The van der Waals surface area contributed by atoms with Crippen LogP contribution in [0.1, 0.15) is 39.5 Å². The summed E-state index contributed by atoms with van der Waals surface area (Å²) >= 11 is 0. The molecule has 138 valence electrons. The van der Waals surface area contributed by atoms with E-state index in [1.54, 1.807) is 12.4 Å². The Hall–Kier alpha value is -2.40. The number of amides is 2. The molecule has 0 spiro atoms. The quantitative estimate of drug-likeness (QED) is 0.825. The van der Waals surface area contributed by atoms with E-state index < -0.39 is 0 Å². The highest BCUT2D eigenvalue weighted by molar-refractivity contribution is 5.94. The van der Waals surface area contributed by atoms with Crippen LogP contribution in [-0.2, 0) is 4.74 Å². The molecule has 2 N–H and O–H groups in total. The number of rotatable bonds is 5. The Morgan fingerprint density at radius 1 is 1.08 bits per heavy atom. The van der Waals surface area contributed by atoms with Crippen molar-refractivity contribution in [3.05, 3.63) is 48.8 Å². The molecular formula is C21H27N3O2. The van der Waals surface area contributed by atoms with Crippen LogP contribution < -0.4 is 10.6 Å². The van der Waals surface area contributed by atoms with Gasteiger partial charge in [-0.1, -0.05) is 18.2 Å². The maximum Gasteiger partial charge on any atom is 0.319 e. The van der Waals surface area contributed by atoms with Crippen LogP contribution >= 0.6 is 0 Å². The summed E-state index contributed by atoms with van der Waals surface area (Å²) in [6.45, 7) is 4.13. The molecular weight excluding hydrogens is 326 g/mol. The van der Waals surface area contributed by atoms with Gasteiger partial charge in [0.15, 0.2) is 0 Å². The topological polar surface area (TPSA) is 63.2 Å². The van der Waals surface area contributed by atoms with Crippen LogP contribution in [0, 0.1) is 0 Å². The van der Waals surface area contributed by atoms with Crippen molar-refractivity contribution in [3.63, 3.8) is 0 Å². The van der Waals surface area contributed by atoms with Crippen molar-refractivity contribution in [1.29, 1.82) is 0 Å². The molecule has 0 radical (unpaired) electrons. The number of carbonyl (C=O) groups excluding carboxylic acids is 1. The number of hydrogen-bond donors (Lipinski definition) is 2. The van der Waals surface area contributed by atoms with Crippen LogP contribution in [0.5, 0.6) is 0 Å². The first-order chi connectivity index (χ1) is 12.6. The first-order valence-electron chi connectivity index (χ1n) is 9.34. The van der Waals surface area contributed by atoms with Crippen molar-refractivity contribution in [2.45, 2.75) is 57.8 Å². The first-order valence-corrected chi connectivity index (χ1v) is 9.34. The van der Waals surface area contributed by atoms with Gasteiger partial charge in [0.2, 0.25) is 0 Å². The number of hydrogen-bond acceptors (Lipinski definition) is 3. The fraction of sp³-hybridized carbons (Fsp3) is 0.429. The van der Waals surface area contributed by atoms with E-state index in [0.717, 1.165) is 42.5 Å². The largest absolute Gasteiger partial charge is 0.376 e. The fourth-order valence-corrected chi connectivity index (χ4v) is 3.45. The Morgan fingerprint density at radius 3 is 2.46 bits per heavy atom. The van der Waals surface area contributed by atoms with E-state index in [0.29, 0.717) is 6.10 Å². The molecule has 2 amide bonds. The van der Waals surface area contributed by atoms with Crippen LogP contribution in [0.4, 0.5) is 10.5 Å². The molecule has 1 saturated carbocycles. The Bertz CT molecular complexity index is 710. The van der Waals surface area contributed by atoms with Crippen molar-refractivity contribution < 1.29 is 9.53 Å². The van der Waals surface area contributed by atoms with Gasteiger partial charge in [0.25, 0.3) is 0 Å². The number of benzene rings is 1. The third kappa shape index (κ3) is 5.05. The van der Waals surface area contributed by atoms with Crippen LogP contribution in [0.2, 0.25) is 0 Å². The molecule has 0 bridgehead atoms. The number of para-hydroxylation sites is 1. The maximum absolute atomic E-state index is 12.5. The van der Waals surface area contributed by atoms with Crippen molar-refractivity contribution in [2.75, 3.05) is 5.32 Å². The second kappa shape index (κ2) is 8.81. The smallest absolute Gasteiger partial charge is 0.319 e. The number of nitrogens with one attached hydrogen (secondary N) is 2. The minimum Gasteiger partial charge on any atom is -0.376 e. The number of urea groups is 1. The van der Waals surface area contributed by atoms with E-state index in [2.05, 4.69) is 29.5 Å². The van der Waals surface area contributed by atoms with Gasteiger partial charge in [0.05, 0.1) is 17.9 Å². The molecule has 26 heavy (non-hydrogen) atoms. The van der Waals surface area contributed by atoms with Crippen molar-refractivity contribution in [1.82, 2.24) is 10.3 Å². The van der Waals surface area contributed by atoms with Gasteiger partial charge in [0.1, 0.15) is 0 Å². The summed E-state index contributed by atoms with van der Waals surface area (Å²) in [6.07, 6.45) is 8.00. The summed E-state index contributed by atoms with van der Waals surface area (Å²) in [5.74, 6) is 0. The van der Waals surface area contributed by atoms with Crippen molar-refractivity contribution in [2.24, 2.45) is 0 Å². The number of pyridine rings is 1. The van der Waals surface area contributed by atoms with Gasteiger partial charge in [-0.3, -0.25) is 4.98 Å². The molecule has 1 aromatic heterocycles. The van der Waals surface area contributed by atoms with E-state index in [1.807, 2.05) is 36.4 Å². The van der Waals surface area contributed by atoms with E-state index in [-0.39, 0.29) is 18.2 Å². The molecule has 1 aliphatic rings. The van der Waals surface area contributed by atoms with Crippen molar-refractivity contribution in [3.8, 4) is 11.1 Å². The number of nitrogens with zero attached hydrogens (tertiary/aromatic N) is 1. The van der Waals surface area contributed by atoms with E-state index in [4.69, 9.17) is 4.74 Å². The zero-order valence-electron chi connectivity index (χ0n) is 15.4. The van der Waals surface area contributed by atoms with E-state index in [1.165, 1.54) is 0 Å². The summed E-state index contributed by atoms with van der Waals surface area (Å²) < 4.78 is 5.87. The molecule has 1 fully saturated rings. The second-order valence-corrected chi connectivity index (χ2v) is 7.04. The summed E-state index contributed by atoms with van der Waals surface area (Å²) in [7, 11) is 0. The normalized spacial score (nSPS) is 20.0. The monoisotopic (exact) mass is 353 g/mol. The summed E-state index contributed by atoms with van der Waals surface area (Å²) in [4.78, 5) is 16.5. The third-order valence-corrected chi connectivity index (χ3v) is 4.64. The molecule has 1 heterocycles. The second-order valence-electron chi connectivity index (χ2n) is 7.04. The Morgan fingerprint density at radius 2 is 1.77 bits per heavy atom. The van der Waals surface area contributed by atoms with Crippen LogP contribution in [0.15, 0.2) is 48.8 Å². The summed E-state index contributed by atoms with van der Waals surface area (Å²) in [6, 6.07) is 11.7. The zero-order valence-corrected chi connectivity index (χ0v) is 15.4. The Kier molecular flexibility index (Phi) is 6.23. The lowest BCUT2D eigenvalue weighted by Gasteiger charge is -2.30. The first kappa shape index (κ1) is 18.4. The minimum atomic E-state index is -0.153. The molecule has 0 unspecified atom stereocenters. The number of ether oxygens (including phenoxy) is 1. The molecule has 5 nitrogen and oxygen atoms in total. The number of aromatic nitrogens is 1. The number of anilines is 1. The SMILES string of the molecule is CC(C)OC1CCC(NC(=O)Nc2ccccc2-c2ccncc2)CC1. The lowest BCUT2D eigenvalue weighted by molar-refractivity contribution is -0.0155. The highest BCUT2D eigenvalue weighted by Crippen LogP contribution is 2.27. The zero-order chi connectivity index (χ0) is 18.4. The minimum absolute atomic E-state index is 0.153. The van der Waals surface area contributed by atoms with Gasteiger partial charge in [-0.25, -0.2) is 4.79 Å². The molecule has 0 saturated heterocycles. The van der Waals surface area contributed by atoms with Crippen LogP contribution in [0.25, 0.3) is 11.1 Å². The number of carbonyl (C=O) groups is 1. The third-order valence-electron chi connectivity index (χ3n) is 4.64. The average molecular weight is 353 g/mol. The lowest BCUT2D eigenvalue weighted by atomic mass is 9.93. The molecule has 1 aromatic carbocycles. The molecule has 5 heteroatoms. The molecule has 1 aliphatic carbocycles. The van der Waals surface area contributed by atoms with Gasteiger partial charge in [0, 0.05) is 24.0 Å². The van der Waals surface area contributed by atoms with Crippen LogP contribution in [-0.4, -0.2) is 29.3 Å². The average Bonchev–Trinajstić information content (AvgIpc) is 2.64.